The molecule has 1 unspecified atom stereocenters. The molecule has 0 spiro atoms. The lowest BCUT2D eigenvalue weighted by Crippen LogP contribution is -2.34. The first kappa shape index (κ1) is 13.8. The lowest BCUT2D eigenvalue weighted by atomic mass is 10.2. The molecular formula is C17H21N3O2. The van der Waals surface area contributed by atoms with E-state index in [1.54, 1.807) is 0 Å². The van der Waals surface area contributed by atoms with Crippen molar-refractivity contribution in [2.45, 2.75) is 44.2 Å². The summed E-state index contributed by atoms with van der Waals surface area (Å²) in [6.07, 6.45) is 4.69. The van der Waals surface area contributed by atoms with E-state index in [0.29, 0.717) is 19.0 Å². The predicted octanol–water partition coefficient (Wildman–Crippen LogP) is 2.21. The molecule has 1 aliphatic heterocycles. The number of benzene rings is 1. The van der Waals surface area contributed by atoms with Crippen LogP contribution < -0.4 is 5.32 Å². The molecule has 1 amide bonds. The van der Waals surface area contributed by atoms with Crippen molar-refractivity contribution in [3.05, 3.63) is 30.1 Å². The molecule has 1 saturated heterocycles. The summed E-state index contributed by atoms with van der Waals surface area (Å²) in [5.74, 6) is 1.63. The molecule has 1 saturated carbocycles. The number of fused-ring (bicyclic) bond motifs is 1. The third-order valence-corrected chi connectivity index (χ3v) is 4.48. The summed E-state index contributed by atoms with van der Waals surface area (Å²) in [4.78, 5) is 17.0. The second-order valence-electron chi connectivity index (χ2n) is 6.26. The van der Waals surface area contributed by atoms with Crippen LogP contribution in [0.15, 0.2) is 24.3 Å². The van der Waals surface area contributed by atoms with Crippen molar-refractivity contribution in [1.29, 1.82) is 0 Å². The smallest absolute Gasteiger partial charge is 0.240 e. The van der Waals surface area contributed by atoms with Gasteiger partial charge in [-0.2, -0.15) is 0 Å². The highest BCUT2D eigenvalue weighted by atomic mass is 16.5. The van der Waals surface area contributed by atoms with Crippen molar-refractivity contribution in [3.63, 3.8) is 0 Å². The largest absolute Gasteiger partial charge is 0.376 e. The van der Waals surface area contributed by atoms with Gasteiger partial charge in [-0.3, -0.25) is 4.79 Å². The van der Waals surface area contributed by atoms with E-state index in [2.05, 4.69) is 9.88 Å². The number of hydrogen-bond donors (Lipinski definition) is 1. The predicted molar refractivity (Wildman–Crippen MR) is 83.7 cm³/mol. The van der Waals surface area contributed by atoms with Crippen LogP contribution in [0.1, 0.15) is 37.4 Å². The summed E-state index contributed by atoms with van der Waals surface area (Å²) in [6.45, 7) is 1.78. The molecule has 1 aliphatic carbocycles. The van der Waals surface area contributed by atoms with Crippen LogP contribution in [-0.4, -0.2) is 34.7 Å². The Hall–Kier alpha value is -1.88. The molecular weight excluding hydrogens is 278 g/mol. The van der Waals surface area contributed by atoms with Crippen molar-refractivity contribution < 1.29 is 9.53 Å². The van der Waals surface area contributed by atoms with Crippen LogP contribution in [-0.2, 0) is 16.1 Å². The zero-order valence-corrected chi connectivity index (χ0v) is 12.6. The SMILES string of the molecule is O=C(Cn1c(C2CC2)nc2ccccc21)NCC1CCCO1. The fraction of sp³-hybridized carbons (Fsp3) is 0.529. The molecule has 2 heterocycles. The van der Waals surface area contributed by atoms with Crippen LogP contribution in [0.4, 0.5) is 0 Å². The monoisotopic (exact) mass is 299 g/mol. The maximum Gasteiger partial charge on any atom is 0.240 e. The molecule has 1 aromatic heterocycles. The van der Waals surface area contributed by atoms with Crippen molar-refractivity contribution in [2.24, 2.45) is 0 Å². The van der Waals surface area contributed by atoms with Gasteiger partial charge in [0.25, 0.3) is 0 Å². The van der Waals surface area contributed by atoms with E-state index in [9.17, 15) is 4.79 Å². The number of aromatic nitrogens is 2. The van der Waals surface area contributed by atoms with E-state index >= 15 is 0 Å². The first-order valence-electron chi connectivity index (χ1n) is 8.15. The van der Waals surface area contributed by atoms with E-state index < -0.39 is 0 Å². The molecule has 1 N–H and O–H groups in total. The molecule has 2 aliphatic rings. The summed E-state index contributed by atoms with van der Waals surface area (Å²) in [7, 11) is 0. The first-order valence-corrected chi connectivity index (χ1v) is 8.15. The Morgan fingerprint density at radius 2 is 2.18 bits per heavy atom. The molecule has 2 fully saturated rings. The first-order chi connectivity index (χ1) is 10.8. The molecule has 0 radical (unpaired) electrons. The Kier molecular flexibility index (Phi) is 3.58. The van der Waals surface area contributed by atoms with Gasteiger partial charge in [-0.05, 0) is 37.8 Å². The van der Waals surface area contributed by atoms with Gasteiger partial charge in [0, 0.05) is 19.1 Å². The Labute approximate surface area is 129 Å². The number of imidazole rings is 1. The second-order valence-corrected chi connectivity index (χ2v) is 6.26. The fourth-order valence-corrected chi connectivity index (χ4v) is 3.15. The van der Waals surface area contributed by atoms with E-state index in [0.717, 1.165) is 36.3 Å². The molecule has 0 bridgehead atoms. The quantitative estimate of drug-likeness (QED) is 0.921. The van der Waals surface area contributed by atoms with Gasteiger partial charge < -0.3 is 14.6 Å². The number of para-hydroxylation sites is 2. The molecule has 116 valence electrons. The van der Waals surface area contributed by atoms with Crippen LogP contribution in [0, 0.1) is 0 Å². The number of hydrogen-bond acceptors (Lipinski definition) is 3. The zero-order valence-electron chi connectivity index (χ0n) is 12.6. The molecule has 22 heavy (non-hydrogen) atoms. The van der Waals surface area contributed by atoms with Crippen molar-refractivity contribution >= 4 is 16.9 Å². The van der Waals surface area contributed by atoms with E-state index in [-0.39, 0.29) is 12.0 Å². The minimum absolute atomic E-state index is 0.0422. The van der Waals surface area contributed by atoms with E-state index in [4.69, 9.17) is 9.72 Å². The zero-order chi connectivity index (χ0) is 14.9. The number of amides is 1. The molecule has 4 rings (SSSR count). The summed E-state index contributed by atoms with van der Waals surface area (Å²) in [5, 5.41) is 3.00. The van der Waals surface area contributed by atoms with Gasteiger partial charge in [0.1, 0.15) is 12.4 Å². The average molecular weight is 299 g/mol. The Balaban J connectivity index is 1.50. The minimum Gasteiger partial charge on any atom is -0.376 e. The summed E-state index contributed by atoms with van der Waals surface area (Å²) >= 11 is 0. The van der Waals surface area contributed by atoms with Gasteiger partial charge in [0.15, 0.2) is 0 Å². The molecule has 1 aromatic carbocycles. The van der Waals surface area contributed by atoms with Gasteiger partial charge in [0.2, 0.25) is 5.91 Å². The fourth-order valence-electron chi connectivity index (χ4n) is 3.15. The lowest BCUT2D eigenvalue weighted by Gasteiger charge is -2.12. The van der Waals surface area contributed by atoms with Crippen molar-refractivity contribution in [1.82, 2.24) is 14.9 Å². The van der Waals surface area contributed by atoms with Crippen LogP contribution >= 0.6 is 0 Å². The van der Waals surface area contributed by atoms with Crippen LogP contribution in [0.25, 0.3) is 11.0 Å². The number of carbonyl (C=O) groups excluding carboxylic acids is 1. The van der Waals surface area contributed by atoms with Crippen LogP contribution in [0.5, 0.6) is 0 Å². The number of ether oxygens (including phenoxy) is 1. The summed E-state index contributed by atoms with van der Waals surface area (Å²) in [5.41, 5.74) is 2.04. The number of carbonyl (C=O) groups is 1. The second kappa shape index (κ2) is 5.72. The summed E-state index contributed by atoms with van der Waals surface area (Å²) in [6, 6.07) is 8.05. The summed E-state index contributed by atoms with van der Waals surface area (Å²) < 4.78 is 7.63. The third-order valence-electron chi connectivity index (χ3n) is 4.48. The molecule has 5 nitrogen and oxygen atoms in total. The van der Waals surface area contributed by atoms with Gasteiger partial charge in [-0.1, -0.05) is 12.1 Å². The average Bonchev–Trinajstić information content (AvgIpc) is 3.12. The highest BCUT2D eigenvalue weighted by Crippen LogP contribution is 2.40. The molecule has 2 aromatic rings. The normalized spacial score (nSPS) is 21.4. The number of rotatable bonds is 5. The lowest BCUT2D eigenvalue weighted by molar-refractivity contribution is -0.122. The highest BCUT2D eigenvalue weighted by Gasteiger charge is 2.30. The van der Waals surface area contributed by atoms with Crippen molar-refractivity contribution in [3.8, 4) is 0 Å². The van der Waals surface area contributed by atoms with Gasteiger partial charge in [0.05, 0.1) is 17.1 Å². The number of nitrogens with zero attached hydrogens (tertiary/aromatic N) is 2. The standard InChI is InChI=1S/C17H21N3O2/c21-16(18-10-13-4-3-9-22-13)11-20-15-6-2-1-5-14(15)19-17(20)12-7-8-12/h1-2,5-6,12-13H,3-4,7-11H2,(H,18,21). The minimum atomic E-state index is 0.0422. The maximum atomic E-state index is 12.3. The van der Waals surface area contributed by atoms with E-state index in [1.165, 1.54) is 12.8 Å². The van der Waals surface area contributed by atoms with Crippen LogP contribution in [0.3, 0.4) is 0 Å². The Bertz CT molecular complexity index is 684. The molecule has 1 atom stereocenters. The Morgan fingerprint density at radius 1 is 1.32 bits per heavy atom. The van der Waals surface area contributed by atoms with Gasteiger partial charge in [-0.25, -0.2) is 4.98 Å². The van der Waals surface area contributed by atoms with Crippen molar-refractivity contribution in [2.75, 3.05) is 13.2 Å². The third kappa shape index (κ3) is 2.73. The number of nitrogens with one attached hydrogen (secondary N) is 1. The highest BCUT2D eigenvalue weighted by molar-refractivity contribution is 5.81. The Morgan fingerprint density at radius 3 is 2.95 bits per heavy atom. The topological polar surface area (TPSA) is 56.2 Å². The van der Waals surface area contributed by atoms with Gasteiger partial charge >= 0.3 is 0 Å². The van der Waals surface area contributed by atoms with Gasteiger partial charge in [-0.15, -0.1) is 0 Å². The maximum absolute atomic E-state index is 12.3. The molecule has 5 heteroatoms. The van der Waals surface area contributed by atoms with Crippen LogP contribution in [0.2, 0.25) is 0 Å². The van der Waals surface area contributed by atoms with E-state index in [1.807, 2.05) is 24.3 Å².